The van der Waals surface area contributed by atoms with E-state index in [1.165, 1.54) is 22.5 Å². The van der Waals surface area contributed by atoms with E-state index in [0.717, 1.165) is 27.0 Å². The molecule has 1 heterocycles. The van der Waals surface area contributed by atoms with Crippen molar-refractivity contribution in [2.24, 2.45) is 0 Å². The van der Waals surface area contributed by atoms with Crippen LogP contribution in [0.4, 0.5) is 5.13 Å². The minimum absolute atomic E-state index is 0.0592. The fourth-order valence-electron chi connectivity index (χ4n) is 3.61. The normalized spacial score (nSPS) is 11.3. The molecule has 1 amide bonds. The van der Waals surface area contributed by atoms with Gasteiger partial charge >= 0.3 is 0 Å². The largest absolute Gasteiger partial charge is 0.492 e. The van der Waals surface area contributed by atoms with Crippen LogP contribution in [0.3, 0.4) is 0 Å². The zero-order valence-corrected chi connectivity index (χ0v) is 22.6. The number of benzene rings is 3. The summed E-state index contributed by atoms with van der Waals surface area (Å²) in [5.41, 5.74) is 5.56. The van der Waals surface area contributed by atoms with E-state index in [0.29, 0.717) is 24.6 Å². The minimum Gasteiger partial charge on any atom is -0.492 e. The van der Waals surface area contributed by atoms with Crippen molar-refractivity contribution in [2.75, 3.05) is 11.9 Å². The van der Waals surface area contributed by atoms with Crippen molar-refractivity contribution in [3.8, 4) is 28.1 Å². The molecule has 3 aromatic carbocycles. The molecule has 4 nitrogen and oxygen atoms in total. The number of nitrogens with zero attached hydrogens (tertiary/aromatic N) is 1. The van der Waals surface area contributed by atoms with Crippen LogP contribution in [0.25, 0.3) is 22.4 Å². The van der Waals surface area contributed by atoms with Crippen molar-refractivity contribution >= 4 is 38.3 Å². The number of aromatic nitrogens is 1. The van der Waals surface area contributed by atoms with Crippen molar-refractivity contribution in [3.63, 3.8) is 0 Å². The van der Waals surface area contributed by atoms with Gasteiger partial charge in [0.1, 0.15) is 5.75 Å². The van der Waals surface area contributed by atoms with Gasteiger partial charge in [-0.15, -0.1) is 11.3 Å². The number of carbonyl (C=O) groups is 1. The van der Waals surface area contributed by atoms with E-state index in [4.69, 9.17) is 4.74 Å². The predicted molar refractivity (Wildman–Crippen MR) is 149 cm³/mol. The summed E-state index contributed by atoms with van der Waals surface area (Å²) in [6, 6.07) is 24.7. The molecule has 0 unspecified atom stereocenters. The maximum absolute atomic E-state index is 12.4. The van der Waals surface area contributed by atoms with Gasteiger partial charge in [0.15, 0.2) is 5.13 Å². The number of thiazole rings is 1. The van der Waals surface area contributed by atoms with Crippen LogP contribution >= 0.6 is 27.3 Å². The highest BCUT2D eigenvalue weighted by Crippen LogP contribution is 2.32. The fraction of sp³-hybridized carbons (Fsp3) is 0.241. The predicted octanol–water partition coefficient (Wildman–Crippen LogP) is 8.33. The molecule has 0 aliphatic rings. The van der Waals surface area contributed by atoms with Gasteiger partial charge in [0.05, 0.1) is 16.8 Å². The molecule has 6 heteroatoms. The van der Waals surface area contributed by atoms with Gasteiger partial charge in [-0.1, -0.05) is 81.4 Å². The van der Waals surface area contributed by atoms with Crippen molar-refractivity contribution in [3.05, 3.63) is 88.2 Å². The van der Waals surface area contributed by atoms with Crippen LogP contribution in [0.1, 0.15) is 39.2 Å². The monoisotopic (exact) mass is 548 g/mol. The number of hydrogen-bond donors (Lipinski definition) is 1. The van der Waals surface area contributed by atoms with Gasteiger partial charge in [0, 0.05) is 17.4 Å². The first-order valence-electron chi connectivity index (χ1n) is 11.6. The smallest absolute Gasteiger partial charge is 0.226 e. The van der Waals surface area contributed by atoms with E-state index in [2.05, 4.69) is 95.5 Å². The van der Waals surface area contributed by atoms with E-state index in [-0.39, 0.29) is 11.3 Å². The second-order valence-corrected chi connectivity index (χ2v) is 11.1. The lowest BCUT2D eigenvalue weighted by Crippen LogP contribution is -2.13. The summed E-state index contributed by atoms with van der Waals surface area (Å²) in [7, 11) is 0. The molecule has 180 valence electrons. The Hall–Kier alpha value is -2.96. The highest BCUT2D eigenvalue weighted by atomic mass is 79.9. The quantitative estimate of drug-likeness (QED) is 0.225. The summed E-state index contributed by atoms with van der Waals surface area (Å²) in [6.45, 7) is 7.01. The molecule has 0 fully saturated rings. The summed E-state index contributed by atoms with van der Waals surface area (Å²) in [5.74, 6) is 0.734. The van der Waals surface area contributed by atoms with E-state index in [9.17, 15) is 4.79 Å². The van der Waals surface area contributed by atoms with E-state index < -0.39 is 0 Å². The number of carbonyl (C=O) groups excluding carboxylic acids is 1. The first kappa shape index (κ1) is 25.1. The van der Waals surface area contributed by atoms with Crippen LogP contribution < -0.4 is 10.1 Å². The molecule has 4 rings (SSSR count). The molecule has 35 heavy (non-hydrogen) atoms. The van der Waals surface area contributed by atoms with E-state index >= 15 is 0 Å². The highest BCUT2D eigenvalue weighted by molar-refractivity contribution is 9.10. The van der Waals surface area contributed by atoms with E-state index in [1.54, 1.807) is 0 Å². The summed E-state index contributed by atoms with van der Waals surface area (Å²) >= 11 is 5.03. The third-order valence-electron chi connectivity index (χ3n) is 5.64. The second-order valence-electron chi connectivity index (χ2n) is 9.38. The van der Waals surface area contributed by atoms with Crippen LogP contribution in [0.15, 0.2) is 82.6 Å². The molecule has 4 aromatic rings. The average molecular weight is 550 g/mol. The minimum atomic E-state index is -0.0592. The maximum Gasteiger partial charge on any atom is 0.226 e. The van der Waals surface area contributed by atoms with Gasteiger partial charge in [-0.3, -0.25) is 4.79 Å². The van der Waals surface area contributed by atoms with Crippen molar-refractivity contribution < 1.29 is 9.53 Å². The molecule has 1 aromatic heterocycles. The summed E-state index contributed by atoms with van der Waals surface area (Å²) < 4.78 is 6.80. The zero-order chi connectivity index (χ0) is 24.8. The standard InChI is InChI=1S/C29H29BrN2O2S/c1-29(2,3)23-15-16-26(24(30)18-23)34-17-7-10-27(33)32-28-31-25(19-35-28)22-13-11-21(12-14-22)20-8-5-4-6-9-20/h4-6,8-9,11-16,18-19H,7,10,17H2,1-3H3,(H,31,32,33). The summed E-state index contributed by atoms with van der Waals surface area (Å²) in [5, 5.41) is 5.48. The molecule has 0 saturated carbocycles. The van der Waals surface area contributed by atoms with Gasteiger partial charge in [-0.25, -0.2) is 4.98 Å². The Balaban J connectivity index is 1.25. The number of hydrogen-bond acceptors (Lipinski definition) is 4. The van der Waals surface area contributed by atoms with Gasteiger partial charge < -0.3 is 10.1 Å². The number of halogens is 1. The lowest BCUT2D eigenvalue weighted by Gasteiger charge is -2.20. The molecule has 0 saturated heterocycles. The Kier molecular flexibility index (Phi) is 8.04. The average Bonchev–Trinajstić information content (AvgIpc) is 3.31. The first-order valence-corrected chi connectivity index (χ1v) is 13.3. The Morgan fingerprint density at radius 1 is 0.971 bits per heavy atom. The molecule has 0 atom stereocenters. The third kappa shape index (κ3) is 6.80. The maximum atomic E-state index is 12.4. The van der Waals surface area contributed by atoms with E-state index in [1.807, 2.05) is 29.6 Å². The van der Waals surface area contributed by atoms with Crippen molar-refractivity contribution in [1.29, 1.82) is 0 Å². The Bertz CT molecular complexity index is 1280. The molecule has 0 bridgehead atoms. The fourth-order valence-corrected chi connectivity index (χ4v) is 4.84. The lowest BCUT2D eigenvalue weighted by molar-refractivity contribution is -0.116. The lowest BCUT2D eigenvalue weighted by atomic mass is 9.87. The molecule has 1 N–H and O–H groups in total. The highest BCUT2D eigenvalue weighted by Gasteiger charge is 2.15. The Morgan fingerprint density at radius 2 is 1.66 bits per heavy atom. The van der Waals surface area contributed by atoms with Gasteiger partial charge in [-0.2, -0.15) is 0 Å². The van der Waals surface area contributed by atoms with Crippen LogP contribution in [-0.4, -0.2) is 17.5 Å². The number of ether oxygens (including phenoxy) is 1. The summed E-state index contributed by atoms with van der Waals surface area (Å²) in [6.07, 6.45) is 0.997. The molecule has 0 aliphatic heterocycles. The van der Waals surface area contributed by atoms with Crippen molar-refractivity contribution in [1.82, 2.24) is 4.98 Å². The van der Waals surface area contributed by atoms with Crippen LogP contribution in [0, 0.1) is 0 Å². The van der Waals surface area contributed by atoms with Crippen LogP contribution in [-0.2, 0) is 10.2 Å². The third-order valence-corrected chi connectivity index (χ3v) is 7.02. The van der Waals surface area contributed by atoms with Gasteiger partial charge in [0.25, 0.3) is 0 Å². The Morgan fingerprint density at radius 3 is 2.34 bits per heavy atom. The number of amides is 1. The summed E-state index contributed by atoms with van der Waals surface area (Å²) in [4.78, 5) is 17.0. The number of anilines is 1. The SMILES string of the molecule is CC(C)(C)c1ccc(OCCCC(=O)Nc2nc(-c3ccc(-c4ccccc4)cc3)cs2)c(Br)c1. The molecular formula is C29H29BrN2O2S. The van der Waals surface area contributed by atoms with Gasteiger partial charge in [-0.05, 0) is 56.6 Å². The molecule has 0 aliphatic carbocycles. The molecular weight excluding hydrogens is 520 g/mol. The number of rotatable bonds is 8. The van der Waals surface area contributed by atoms with Crippen molar-refractivity contribution in [2.45, 2.75) is 39.0 Å². The van der Waals surface area contributed by atoms with Crippen LogP contribution in [0.2, 0.25) is 0 Å². The molecule has 0 radical (unpaired) electrons. The topological polar surface area (TPSA) is 51.2 Å². The first-order chi connectivity index (χ1) is 16.8. The number of nitrogens with one attached hydrogen (secondary N) is 1. The van der Waals surface area contributed by atoms with Gasteiger partial charge in [0.2, 0.25) is 5.91 Å². The molecule has 0 spiro atoms. The Labute approximate surface area is 219 Å². The second kappa shape index (κ2) is 11.2. The van der Waals surface area contributed by atoms with Crippen LogP contribution in [0.5, 0.6) is 5.75 Å². The zero-order valence-electron chi connectivity index (χ0n) is 20.2.